The number of benzene rings is 1. The molecule has 0 spiro atoms. The lowest BCUT2D eigenvalue weighted by atomic mass is 10.1. The average Bonchev–Trinajstić information content (AvgIpc) is 3.54. The van der Waals surface area contributed by atoms with Gasteiger partial charge >= 0.3 is 0 Å². The van der Waals surface area contributed by atoms with E-state index in [1.165, 1.54) is 12.1 Å². The van der Waals surface area contributed by atoms with Gasteiger partial charge in [0.25, 0.3) is 0 Å². The van der Waals surface area contributed by atoms with Gasteiger partial charge in [-0.3, -0.25) is 14.9 Å². The SMILES string of the molecule is CN(Cc1cccc2c1NSN2)/N=C\c1c(C=O)n(C)c2nc(Cc3cc[nH]n3)sc12. The molecule has 1 aliphatic rings. The minimum Gasteiger partial charge on any atom is -0.325 e. The van der Waals surface area contributed by atoms with Gasteiger partial charge in [-0.1, -0.05) is 12.1 Å². The smallest absolute Gasteiger partial charge is 0.167 e. The van der Waals surface area contributed by atoms with Crippen molar-refractivity contribution in [2.24, 2.45) is 12.1 Å². The lowest BCUT2D eigenvalue weighted by Crippen LogP contribution is -2.12. The molecule has 1 aliphatic heterocycles. The normalized spacial score (nSPS) is 12.8. The first kappa shape index (κ1) is 19.6. The molecule has 0 bridgehead atoms. The molecule has 0 saturated carbocycles. The maximum Gasteiger partial charge on any atom is 0.167 e. The van der Waals surface area contributed by atoms with Crippen LogP contribution < -0.4 is 9.44 Å². The minimum absolute atomic E-state index is 0.570. The van der Waals surface area contributed by atoms with Crippen LogP contribution in [0.4, 0.5) is 11.4 Å². The number of aromatic nitrogens is 4. The number of nitrogens with zero attached hydrogens (tertiary/aromatic N) is 5. The van der Waals surface area contributed by atoms with Gasteiger partial charge in [-0.05, 0) is 17.7 Å². The Morgan fingerprint density at radius 2 is 2.19 bits per heavy atom. The number of para-hydroxylation sites is 1. The van der Waals surface area contributed by atoms with E-state index in [2.05, 4.69) is 30.8 Å². The molecule has 0 atom stereocenters. The van der Waals surface area contributed by atoms with Crippen molar-refractivity contribution in [1.82, 2.24) is 24.8 Å². The number of carbonyl (C=O) groups is 1. The monoisotopic (exact) mass is 452 g/mol. The van der Waals surface area contributed by atoms with Gasteiger partial charge in [0, 0.05) is 32.3 Å². The quantitative estimate of drug-likeness (QED) is 0.170. The van der Waals surface area contributed by atoms with Crippen molar-refractivity contribution in [3.8, 4) is 0 Å². The number of hydrogen-bond donors (Lipinski definition) is 3. The summed E-state index contributed by atoms with van der Waals surface area (Å²) in [5.74, 6) is 0. The van der Waals surface area contributed by atoms with E-state index in [1.807, 2.05) is 41.9 Å². The van der Waals surface area contributed by atoms with Crippen LogP contribution in [0.25, 0.3) is 10.3 Å². The van der Waals surface area contributed by atoms with Crippen molar-refractivity contribution in [2.75, 3.05) is 16.5 Å². The number of fused-ring (bicyclic) bond motifs is 2. The average molecular weight is 453 g/mol. The van der Waals surface area contributed by atoms with E-state index in [9.17, 15) is 4.79 Å². The highest BCUT2D eigenvalue weighted by atomic mass is 32.2. The van der Waals surface area contributed by atoms with Crippen LogP contribution in [0, 0.1) is 0 Å². The molecule has 31 heavy (non-hydrogen) atoms. The number of aldehydes is 1. The number of nitrogens with one attached hydrogen (secondary N) is 3. The Morgan fingerprint density at radius 3 is 3.00 bits per heavy atom. The van der Waals surface area contributed by atoms with Gasteiger partial charge in [0.1, 0.15) is 5.01 Å². The van der Waals surface area contributed by atoms with E-state index in [-0.39, 0.29) is 0 Å². The number of aryl methyl sites for hydroxylation is 1. The number of rotatable bonds is 7. The number of hydrogen-bond acceptors (Lipinski definition) is 9. The number of aromatic amines is 1. The third kappa shape index (κ3) is 3.66. The Kier molecular flexibility index (Phi) is 5.12. The zero-order valence-electron chi connectivity index (χ0n) is 16.9. The van der Waals surface area contributed by atoms with Gasteiger partial charge in [0.05, 0.1) is 52.4 Å². The van der Waals surface area contributed by atoms with Crippen molar-refractivity contribution in [3.05, 3.63) is 58.0 Å². The first-order valence-corrected chi connectivity index (χ1v) is 11.2. The summed E-state index contributed by atoms with van der Waals surface area (Å²) in [5.41, 5.74) is 6.37. The maximum absolute atomic E-state index is 11.8. The predicted molar refractivity (Wildman–Crippen MR) is 126 cm³/mol. The molecule has 11 heteroatoms. The molecular weight excluding hydrogens is 432 g/mol. The number of hydrazone groups is 1. The lowest BCUT2D eigenvalue weighted by Gasteiger charge is -2.15. The van der Waals surface area contributed by atoms with Crippen molar-refractivity contribution >= 4 is 57.7 Å². The Hall–Kier alpha value is -3.31. The van der Waals surface area contributed by atoms with Gasteiger partial charge in [-0.25, -0.2) is 4.98 Å². The molecular formula is C20H20N8OS2. The van der Waals surface area contributed by atoms with E-state index in [4.69, 9.17) is 4.98 Å². The molecule has 4 heterocycles. The third-order valence-corrected chi connectivity index (χ3v) is 6.81. The molecule has 3 N–H and O–H groups in total. The summed E-state index contributed by atoms with van der Waals surface area (Å²) in [5, 5.41) is 14.5. The van der Waals surface area contributed by atoms with Crippen LogP contribution in [0.3, 0.4) is 0 Å². The summed E-state index contributed by atoms with van der Waals surface area (Å²) in [7, 11) is 3.77. The third-order valence-electron chi connectivity index (χ3n) is 5.10. The van der Waals surface area contributed by atoms with Gasteiger partial charge in [-0.15, -0.1) is 11.3 Å². The van der Waals surface area contributed by atoms with Crippen LogP contribution >= 0.6 is 23.5 Å². The van der Waals surface area contributed by atoms with E-state index in [1.54, 1.807) is 23.7 Å². The standard InChI is InChI=1S/C20H20N8OS2/c1-27(10-12-4-3-5-15-18(12)26-31-25-15)22-9-14-16(11-29)28(2)20-19(14)30-17(23-20)8-13-6-7-21-24-13/h3-7,9,11,25-26H,8,10H2,1-2H3,(H,21,24)/b22-9-. The molecule has 0 fully saturated rings. The fourth-order valence-electron chi connectivity index (χ4n) is 3.57. The molecule has 158 valence electrons. The van der Waals surface area contributed by atoms with Gasteiger partial charge in [-0.2, -0.15) is 10.2 Å². The fraction of sp³-hybridized carbons (Fsp3) is 0.200. The van der Waals surface area contributed by atoms with Crippen LogP contribution in [0.15, 0.2) is 35.6 Å². The van der Waals surface area contributed by atoms with E-state index >= 15 is 0 Å². The van der Waals surface area contributed by atoms with Crippen LogP contribution in [-0.4, -0.2) is 44.3 Å². The Labute approximate surface area is 186 Å². The van der Waals surface area contributed by atoms with E-state index in [0.29, 0.717) is 18.7 Å². The Balaban J connectivity index is 1.42. The fourth-order valence-corrected chi connectivity index (χ4v) is 5.37. The summed E-state index contributed by atoms with van der Waals surface area (Å²) in [4.78, 5) is 16.5. The van der Waals surface area contributed by atoms with E-state index in [0.717, 1.165) is 49.8 Å². The zero-order valence-corrected chi connectivity index (χ0v) is 18.5. The van der Waals surface area contributed by atoms with Crippen molar-refractivity contribution in [1.29, 1.82) is 0 Å². The first-order valence-electron chi connectivity index (χ1n) is 9.61. The highest BCUT2D eigenvalue weighted by Gasteiger charge is 2.19. The molecule has 4 aromatic rings. The van der Waals surface area contributed by atoms with Crippen LogP contribution in [0.2, 0.25) is 0 Å². The van der Waals surface area contributed by atoms with Crippen LogP contribution in [0.1, 0.15) is 32.3 Å². The summed E-state index contributed by atoms with van der Waals surface area (Å²) in [6, 6.07) is 8.07. The predicted octanol–water partition coefficient (Wildman–Crippen LogP) is 3.63. The highest BCUT2D eigenvalue weighted by molar-refractivity contribution is 8.02. The van der Waals surface area contributed by atoms with Crippen LogP contribution in [-0.2, 0) is 20.0 Å². The molecule has 1 aromatic carbocycles. The number of thiazole rings is 1. The summed E-state index contributed by atoms with van der Waals surface area (Å²) >= 11 is 3.03. The van der Waals surface area contributed by atoms with Gasteiger partial charge < -0.3 is 14.0 Å². The second-order valence-corrected chi connectivity index (χ2v) is 8.88. The van der Waals surface area contributed by atoms with E-state index < -0.39 is 0 Å². The molecule has 0 saturated heterocycles. The largest absolute Gasteiger partial charge is 0.325 e. The molecule has 3 aromatic heterocycles. The Morgan fingerprint density at radius 1 is 1.29 bits per heavy atom. The summed E-state index contributed by atoms with van der Waals surface area (Å²) in [6.07, 6.45) is 5.06. The molecule has 5 rings (SSSR count). The van der Waals surface area contributed by atoms with Crippen LogP contribution in [0.5, 0.6) is 0 Å². The number of H-pyrrole nitrogens is 1. The highest BCUT2D eigenvalue weighted by Crippen LogP contribution is 2.36. The second kappa shape index (κ2) is 8.08. The molecule has 0 radical (unpaired) electrons. The maximum atomic E-state index is 11.8. The lowest BCUT2D eigenvalue weighted by molar-refractivity contribution is 0.111. The van der Waals surface area contributed by atoms with Crippen molar-refractivity contribution in [3.63, 3.8) is 0 Å². The van der Waals surface area contributed by atoms with Crippen molar-refractivity contribution < 1.29 is 4.79 Å². The summed E-state index contributed by atoms with van der Waals surface area (Å²) in [6.45, 7) is 0.633. The molecule has 0 aliphatic carbocycles. The van der Waals surface area contributed by atoms with Crippen molar-refractivity contribution in [2.45, 2.75) is 13.0 Å². The van der Waals surface area contributed by atoms with Gasteiger partial charge in [0.2, 0.25) is 0 Å². The summed E-state index contributed by atoms with van der Waals surface area (Å²) < 4.78 is 9.28. The topological polar surface area (TPSA) is 103 Å². The molecule has 0 unspecified atom stereocenters. The first-order chi connectivity index (χ1) is 15.1. The number of carbonyl (C=O) groups excluding carboxylic acids is 1. The molecule has 0 amide bonds. The zero-order chi connectivity index (χ0) is 21.4. The second-order valence-electron chi connectivity index (χ2n) is 7.18. The molecule has 9 nitrogen and oxygen atoms in total. The van der Waals surface area contributed by atoms with Gasteiger partial charge in [0.15, 0.2) is 11.9 Å². The minimum atomic E-state index is 0.570. The Bertz CT molecular complexity index is 1270. The number of anilines is 2.